The molecule has 0 aromatic heterocycles. The van der Waals surface area contributed by atoms with Crippen LogP contribution in [-0.2, 0) is 9.59 Å². The number of hydrogen-bond acceptors (Lipinski definition) is 4. The Morgan fingerprint density at radius 1 is 0.882 bits per heavy atom. The molecule has 2 N–H and O–H groups in total. The van der Waals surface area contributed by atoms with Gasteiger partial charge < -0.3 is 25.3 Å². The maximum atomic E-state index is 8.89. The number of carboxylic acids is 2. The van der Waals surface area contributed by atoms with E-state index in [1.165, 1.54) is 18.5 Å². The molecule has 0 saturated heterocycles. The molecular weight excluding hydrogens is 255 g/mol. The van der Waals surface area contributed by atoms with Gasteiger partial charge in [0.1, 0.15) is 0 Å². The summed E-state index contributed by atoms with van der Waals surface area (Å²) in [7, 11) is 0.446. The van der Waals surface area contributed by atoms with E-state index in [1.54, 1.807) is 0 Å². The molecule has 0 heterocycles. The molecule has 0 amide bonds. The summed E-state index contributed by atoms with van der Waals surface area (Å²) in [5, 5.41) is 17.8. The van der Waals surface area contributed by atoms with E-state index >= 15 is 0 Å². The van der Waals surface area contributed by atoms with Gasteiger partial charge in [-0.1, -0.05) is 20.8 Å². The summed E-state index contributed by atoms with van der Waals surface area (Å²) in [6.07, 6.45) is 4.26. The van der Waals surface area contributed by atoms with Gasteiger partial charge in [0.05, 0.1) is 0 Å². The van der Waals surface area contributed by atoms with Crippen LogP contribution in [0.3, 0.4) is 0 Å². The van der Waals surface area contributed by atoms with Gasteiger partial charge >= 0.3 is 23.1 Å². The Bertz CT molecular complexity index is 137. The van der Waals surface area contributed by atoms with E-state index < -0.39 is 11.9 Å². The van der Waals surface area contributed by atoms with Crippen LogP contribution < -0.4 is 10.2 Å². The van der Waals surface area contributed by atoms with Crippen molar-refractivity contribution < 1.29 is 25.3 Å². The Kier molecular flexibility index (Phi) is 44.6. The van der Waals surface area contributed by atoms with E-state index in [0.717, 1.165) is 13.8 Å². The normalized spacial score (nSPS) is 7.18. The zero-order valence-corrected chi connectivity index (χ0v) is 13.7. The Morgan fingerprint density at radius 3 is 1.00 bits per heavy atom. The first-order chi connectivity index (χ1) is 6.81. The zero-order valence-electron chi connectivity index (χ0n) is 11.4. The van der Waals surface area contributed by atoms with Crippen LogP contribution in [-0.4, -0.2) is 59.0 Å². The smallest absolute Gasteiger partial charge is 0.550 e. The molecule has 0 aromatic rings. The summed E-state index contributed by atoms with van der Waals surface area (Å²) < 4.78 is 0. The van der Waals surface area contributed by atoms with Crippen LogP contribution in [0.4, 0.5) is 0 Å². The fourth-order valence-corrected chi connectivity index (χ4v) is 2.01. The molecular formula is C10H23MgO5P. The van der Waals surface area contributed by atoms with Crippen molar-refractivity contribution in [1.82, 2.24) is 0 Å². The average Bonchev–Trinajstić information content (AvgIpc) is 2.05. The molecule has 0 spiro atoms. The van der Waals surface area contributed by atoms with Crippen LogP contribution in [0.2, 0.25) is 0 Å². The fourth-order valence-electron chi connectivity index (χ4n) is 0.671. The quantitative estimate of drug-likeness (QED) is 0.478. The van der Waals surface area contributed by atoms with Crippen molar-refractivity contribution in [3.8, 4) is 0 Å². The van der Waals surface area contributed by atoms with Crippen molar-refractivity contribution in [1.29, 1.82) is 0 Å². The maximum Gasteiger partial charge on any atom is 2.00 e. The molecule has 0 fully saturated rings. The molecule has 0 aliphatic heterocycles. The van der Waals surface area contributed by atoms with E-state index in [4.69, 9.17) is 19.8 Å². The molecule has 0 bridgehead atoms. The summed E-state index contributed by atoms with van der Waals surface area (Å²) in [5.41, 5.74) is 0. The van der Waals surface area contributed by atoms with Crippen LogP contribution >= 0.6 is 7.92 Å². The summed E-state index contributed by atoms with van der Waals surface area (Å²) in [4.78, 5) is 17.8. The molecule has 0 unspecified atom stereocenters. The summed E-state index contributed by atoms with van der Waals surface area (Å²) in [6.45, 7) is 8.82. The second-order valence-electron chi connectivity index (χ2n) is 2.60. The summed E-state index contributed by atoms with van der Waals surface area (Å²) >= 11 is 0. The van der Waals surface area contributed by atoms with Crippen LogP contribution in [0.15, 0.2) is 0 Å². The predicted molar refractivity (Wildman–Crippen MR) is 69.3 cm³/mol. The van der Waals surface area contributed by atoms with E-state index in [-0.39, 0.29) is 28.5 Å². The third-order valence-electron chi connectivity index (χ3n) is 1.34. The van der Waals surface area contributed by atoms with Gasteiger partial charge in [-0.05, 0) is 32.3 Å². The molecule has 0 saturated carbocycles. The molecule has 0 aromatic carbocycles. The Hall–Kier alpha value is 0.0962. The molecule has 0 atom stereocenters. The molecule has 0 rings (SSSR count). The van der Waals surface area contributed by atoms with Crippen molar-refractivity contribution in [3.05, 3.63) is 0 Å². The second kappa shape index (κ2) is 25.1. The third-order valence-corrected chi connectivity index (χ3v) is 4.02. The minimum absolute atomic E-state index is 0. The first kappa shape index (κ1) is 30.3. The fraction of sp³-hybridized carbons (Fsp3) is 0.800. The van der Waals surface area contributed by atoms with Gasteiger partial charge in [0, 0.05) is 11.9 Å². The molecule has 0 aliphatic rings. The van der Waals surface area contributed by atoms with Gasteiger partial charge in [-0.25, -0.2) is 0 Å². The van der Waals surface area contributed by atoms with E-state index in [1.807, 2.05) is 0 Å². The van der Waals surface area contributed by atoms with Crippen molar-refractivity contribution in [2.24, 2.45) is 0 Å². The van der Waals surface area contributed by atoms with E-state index in [9.17, 15) is 0 Å². The topological polar surface area (TPSA) is 112 Å². The van der Waals surface area contributed by atoms with E-state index in [2.05, 4.69) is 20.8 Å². The maximum absolute atomic E-state index is 8.89. The van der Waals surface area contributed by atoms with Gasteiger partial charge in [-0.2, -0.15) is 0 Å². The van der Waals surface area contributed by atoms with E-state index in [0.29, 0.717) is 7.92 Å². The minimum Gasteiger partial charge on any atom is -0.550 e. The monoisotopic (exact) mass is 278 g/mol. The number of rotatable bonds is 3. The molecule has 0 aliphatic carbocycles. The third kappa shape index (κ3) is 86.1. The van der Waals surface area contributed by atoms with Crippen molar-refractivity contribution >= 4 is 42.9 Å². The van der Waals surface area contributed by atoms with Gasteiger partial charge in [0.2, 0.25) is 0 Å². The van der Waals surface area contributed by atoms with Gasteiger partial charge in [0.25, 0.3) is 0 Å². The Balaban J connectivity index is -0.0000000425. The minimum atomic E-state index is -1.08. The number of carbonyl (C=O) groups is 2. The summed E-state index contributed by atoms with van der Waals surface area (Å²) in [6, 6.07) is 0. The molecule has 100 valence electrons. The number of aliphatic carboxylic acids is 2. The zero-order chi connectivity index (χ0) is 12.9. The van der Waals surface area contributed by atoms with Crippen LogP contribution in [0.5, 0.6) is 0 Å². The average molecular weight is 279 g/mol. The first-order valence-corrected chi connectivity index (χ1v) is 6.78. The summed E-state index contributed by atoms with van der Waals surface area (Å²) in [5.74, 6) is -2.17. The molecule has 17 heavy (non-hydrogen) atoms. The molecule has 5 nitrogen and oxygen atoms in total. The van der Waals surface area contributed by atoms with Crippen molar-refractivity contribution in [2.75, 3.05) is 18.5 Å². The van der Waals surface area contributed by atoms with Gasteiger partial charge in [-0.3, -0.25) is 0 Å². The Morgan fingerprint density at radius 2 is 1.00 bits per heavy atom. The van der Waals surface area contributed by atoms with Gasteiger partial charge in [0.15, 0.2) is 0 Å². The standard InChI is InChI=1S/C6H15P.2C2H4O2.Mg.H2O/c1-4-7(5-2)6-3;2*1-2(3)4;;/h4-6H2,1-3H3;2*1H3,(H,3,4);;1H2/q;;;+2;/p-2. The molecule has 7 heteroatoms. The Labute approximate surface area is 121 Å². The van der Waals surface area contributed by atoms with Crippen molar-refractivity contribution in [2.45, 2.75) is 34.6 Å². The van der Waals surface area contributed by atoms with Crippen LogP contribution in [0.25, 0.3) is 0 Å². The second-order valence-corrected chi connectivity index (χ2v) is 5.84. The SMILES string of the molecule is CC(=O)[O-].CC(=O)[O-].CCP(CC)CC.O.[Mg+2]. The largest absolute Gasteiger partial charge is 2.00 e. The van der Waals surface area contributed by atoms with Crippen LogP contribution in [0, 0.1) is 0 Å². The first-order valence-electron chi connectivity index (χ1n) is 4.89. The predicted octanol–water partition coefficient (Wildman–Crippen LogP) is -1.17. The van der Waals surface area contributed by atoms with Gasteiger partial charge in [-0.15, -0.1) is 7.92 Å². The van der Waals surface area contributed by atoms with Crippen molar-refractivity contribution in [3.63, 3.8) is 0 Å². The van der Waals surface area contributed by atoms with Crippen LogP contribution in [0.1, 0.15) is 34.6 Å². The molecule has 0 radical (unpaired) electrons. The number of carbonyl (C=O) groups excluding carboxylic acids is 2. The number of carboxylic acid groups (broad SMARTS) is 2. The number of hydrogen-bond donors (Lipinski definition) is 0.